The first-order chi connectivity index (χ1) is 7.66. The molecular formula is C13H19BrN2. The summed E-state index contributed by atoms with van der Waals surface area (Å²) < 4.78 is 1.17. The number of piperidine rings is 1. The minimum Gasteiger partial charge on any atom is -0.382 e. The maximum Gasteiger partial charge on any atom is 0.0402 e. The second-order valence-corrected chi connectivity index (χ2v) is 5.50. The maximum atomic E-state index is 3.68. The van der Waals surface area contributed by atoms with Gasteiger partial charge in [-0.3, -0.25) is 0 Å². The number of hydrogen-bond acceptors (Lipinski definition) is 2. The molecule has 1 aromatic rings. The van der Waals surface area contributed by atoms with Crippen molar-refractivity contribution in [3.05, 3.63) is 27.7 Å². The van der Waals surface area contributed by atoms with Crippen LogP contribution < -0.4 is 10.6 Å². The van der Waals surface area contributed by atoms with Crippen molar-refractivity contribution in [3.63, 3.8) is 0 Å². The van der Waals surface area contributed by atoms with E-state index in [9.17, 15) is 0 Å². The molecule has 2 rings (SSSR count). The number of nitrogens with one attached hydrogen (secondary N) is 2. The van der Waals surface area contributed by atoms with E-state index < -0.39 is 0 Å². The minimum absolute atomic E-state index is 0.625. The molecule has 1 aliphatic heterocycles. The molecule has 0 atom stereocenters. The van der Waals surface area contributed by atoms with E-state index >= 15 is 0 Å². The second kappa shape index (κ2) is 5.19. The Kier molecular flexibility index (Phi) is 3.87. The Labute approximate surface area is 106 Å². The van der Waals surface area contributed by atoms with Crippen LogP contribution >= 0.6 is 15.9 Å². The first-order valence-electron chi connectivity index (χ1n) is 5.91. The summed E-state index contributed by atoms with van der Waals surface area (Å²) in [5.74, 6) is 0. The largest absolute Gasteiger partial charge is 0.382 e. The Bertz CT molecular complexity index is 347. The van der Waals surface area contributed by atoms with Gasteiger partial charge in [-0.05, 0) is 63.0 Å². The lowest BCUT2D eigenvalue weighted by Crippen LogP contribution is -2.35. The van der Waals surface area contributed by atoms with Crippen molar-refractivity contribution in [3.8, 4) is 0 Å². The Balaban J connectivity index is 2.14. The molecule has 0 aromatic heterocycles. The molecule has 1 heterocycles. The predicted molar refractivity (Wildman–Crippen MR) is 73.1 cm³/mol. The Morgan fingerprint density at radius 1 is 1.19 bits per heavy atom. The van der Waals surface area contributed by atoms with Gasteiger partial charge in [0.05, 0.1) is 0 Å². The molecular weight excluding hydrogens is 264 g/mol. The molecule has 1 aromatic carbocycles. The molecule has 0 spiro atoms. The van der Waals surface area contributed by atoms with Crippen molar-refractivity contribution in [2.45, 2.75) is 32.7 Å². The normalized spacial score (nSPS) is 17.4. The highest BCUT2D eigenvalue weighted by molar-refractivity contribution is 9.10. The van der Waals surface area contributed by atoms with Crippen LogP contribution in [0.1, 0.15) is 24.0 Å². The molecule has 88 valence electrons. The summed E-state index contributed by atoms with van der Waals surface area (Å²) in [4.78, 5) is 0. The summed E-state index contributed by atoms with van der Waals surface area (Å²) in [6, 6.07) is 4.98. The highest BCUT2D eigenvalue weighted by Crippen LogP contribution is 2.26. The molecule has 1 fully saturated rings. The van der Waals surface area contributed by atoms with Gasteiger partial charge in [-0.2, -0.15) is 0 Å². The molecule has 3 heteroatoms. The summed E-state index contributed by atoms with van der Waals surface area (Å²) in [6.07, 6.45) is 2.43. The molecule has 0 unspecified atom stereocenters. The third kappa shape index (κ3) is 2.77. The van der Waals surface area contributed by atoms with E-state index in [4.69, 9.17) is 0 Å². The van der Waals surface area contributed by atoms with Gasteiger partial charge in [-0.1, -0.05) is 15.9 Å². The zero-order valence-electron chi connectivity index (χ0n) is 9.94. The van der Waals surface area contributed by atoms with Crippen LogP contribution in [0.4, 0.5) is 5.69 Å². The Morgan fingerprint density at radius 2 is 1.75 bits per heavy atom. The van der Waals surface area contributed by atoms with Crippen molar-refractivity contribution in [1.29, 1.82) is 0 Å². The highest BCUT2D eigenvalue weighted by Gasteiger charge is 2.14. The number of hydrogen-bond donors (Lipinski definition) is 2. The second-order valence-electron chi connectivity index (χ2n) is 4.58. The Morgan fingerprint density at radius 3 is 2.31 bits per heavy atom. The monoisotopic (exact) mass is 282 g/mol. The number of anilines is 1. The van der Waals surface area contributed by atoms with Gasteiger partial charge in [0.2, 0.25) is 0 Å². The summed E-state index contributed by atoms with van der Waals surface area (Å²) in [6.45, 7) is 6.60. The van der Waals surface area contributed by atoms with Crippen LogP contribution in [0.3, 0.4) is 0 Å². The van der Waals surface area contributed by atoms with Crippen LogP contribution in [-0.2, 0) is 0 Å². The molecule has 0 bridgehead atoms. The quantitative estimate of drug-likeness (QED) is 0.870. The van der Waals surface area contributed by atoms with Crippen molar-refractivity contribution in [1.82, 2.24) is 5.32 Å². The summed E-state index contributed by atoms with van der Waals surface area (Å²) in [5.41, 5.74) is 3.96. The zero-order valence-corrected chi connectivity index (χ0v) is 11.5. The molecule has 0 radical (unpaired) electrons. The fraction of sp³-hybridized carbons (Fsp3) is 0.538. The molecule has 1 aliphatic rings. The molecule has 2 N–H and O–H groups in total. The van der Waals surface area contributed by atoms with Crippen LogP contribution in [0.25, 0.3) is 0 Å². The van der Waals surface area contributed by atoms with Gasteiger partial charge >= 0.3 is 0 Å². The van der Waals surface area contributed by atoms with E-state index in [1.807, 2.05) is 0 Å². The van der Waals surface area contributed by atoms with E-state index in [1.54, 1.807) is 0 Å². The minimum atomic E-state index is 0.625. The number of benzene rings is 1. The predicted octanol–water partition coefficient (Wildman–Crippen LogP) is 3.23. The van der Waals surface area contributed by atoms with Gasteiger partial charge in [-0.15, -0.1) is 0 Å². The molecule has 0 aliphatic carbocycles. The number of aryl methyl sites for hydroxylation is 2. The van der Waals surface area contributed by atoms with Crippen LogP contribution in [0.15, 0.2) is 16.6 Å². The average Bonchev–Trinajstić information content (AvgIpc) is 2.25. The maximum absolute atomic E-state index is 3.68. The molecule has 1 saturated heterocycles. The smallest absolute Gasteiger partial charge is 0.0402 e. The first-order valence-corrected chi connectivity index (χ1v) is 6.70. The summed E-state index contributed by atoms with van der Waals surface area (Å²) in [5, 5.41) is 7.08. The average molecular weight is 283 g/mol. The van der Waals surface area contributed by atoms with Crippen LogP contribution in [0, 0.1) is 13.8 Å². The summed E-state index contributed by atoms with van der Waals surface area (Å²) >= 11 is 3.53. The fourth-order valence-corrected chi connectivity index (χ4v) is 3.00. The lowest BCUT2D eigenvalue weighted by Gasteiger charge is -2.26. The number of halogens is 1. The molecule has 0 amide bonds. The van der Waals surface area contributed by atoms with Crippen molar-refractivity contribution in [2.75, 3.05) is 18.4 Å². The zero-order chi connectivity index (χ0) is 11.5. The van der Waals surface area contributed by atoms with Gasteiger partial charge < -0.3 is 10.6 Å². The van der Waals surface area contributed by atoms with E-state index in [1.165, 1.54) is 34.1 Å². The molecule has 16 heavy (non-hydrogen) atoms. The fourth-order valence-electron chi connectivity index (χ4n) is 2.31. The van der Waals surface area contributed by atoms with Crippen molar-refractivity contribution < 1.29 is 0 Å². The van der Waals surface area contributed by atoms with E-state index in [0.29, 0.717) is 6.04 Å². The van der Waals surface area contributed by atoms with Crippen molar-refractivity contribution in [2.24, 2.45) is 0 Å². The third-order valence-electron chi connectivity index (χ3n) is 3.19. The highest BCUT2D eigenvalue weighted by atomic mass is 79.9. The lowest BCUT2D eigenvalue weighted by atomic mass is 10.0. The molecule has 2 nitrogen and oxygen atoms in total. The van der Waals surface area contributed by atoms with Crippen molar-refractivity contribution >= 4 is 21.6 Å². The standard InChI is InChI=1S/C13H19BrN2/c1-9-7-11(14)8-10(2)13(9)16-12-3-5-15-6-4-12/h7-8,12,15-16H,3-6H2,1-2H3. The van der Waals surface area contributed by atoms with Gasteiger partial charge in [0, 0.05) is 16.2 Å². The Hall–Kier alpha value is -0.540. The molecule has 0 saturated carbocycles. The third-order valence-corrected chi connectivity index (χ3v) is 3.64. The first kappa shape index (κ1) is 11.9. The number of rotatable bonds is 2. The van der Waals surface area contributed by atoms with Gasteiger partial charge in [0.15, 0.2) is 0 Å². The van der Waals surface area contributed by atoms with E-state index in [2.05, 4.69) is 52.5 Å². The van der Waals surface area contributed by atoms with Gasteiger partial charge in [0.1, 0.15) is 0 Å². The van der Waals surface area contributed by atoms with E-state index in [-0.39, 0.29) is 0 Å². The van der Waals surface area contributed by atoms with Crippen LogP contribution in [0.5, 0.6) is 0 Å². The lowest BCUT2D eigenvalue weighted by molar-refractivity contribution is 0.479. The SMILES string of the molecule is Cc1cc(Br)cc(C)c1NC1CCNCC1. The van der Waals surface area contributed by atoms with Gasteiger partial charge in [-0.25, -0.2) is 0 Å². The van der Waals surface area contributed by atoms with Crippen LogP contribution in [-0.4, -0.2) is 19.1 Å². The summed E-state index contributed by atoms with van der Waals surface area (Å²) in [7, 11) is 0. The van der Waals surface area contributed by atoms with Gasteiger partial charge in [0.25, 0.3) is 0 Å². The van der Waals surface area contributed by atoms with E-state index in [0.717, 1.165) is 13.1 Å². The van der Waals surface area contributed by atoms with Crippen LogP contribution in [0.2, 0.25) is 0 Å². The topological polar surface area (TPSA) is 24.1 Å².